The van der Waals surface area contributed by atoms with Gasteiger partial charge in [-0.1, -0.05) is 60.7 Å². The number of ether oxygens (including phenoxy) is 1. The molecule has 0 spiro atoms. The average molecular weight is 535 g/mol. The predicted molar refractivity (Wildman–Crippen MR) is 154 cm³/mol. The fourth-order valence-electron chi connectivity index (χ4n) is 6.96. The minimum absolute atomic E-state index is 0.0152. The molecule has 7 nitrogen and oxygen atoms in total. The Bertz CT molecular complexity index is 1540. The van der Waals surface area contributed by atoms with Gasteiger partial charge in [0.15, 0.2) is 0 Å². The smallest absolute Gasteiger partial charge is 0.246 e. The van der Waals surface area contributed by atoms with Crippen LogP contribution in [0.5, 0.6) is 5.75 Å². The zero-order valence-electron chi connectivity index (χ0n) is 22.8. The molecular weight excluding hydrogens is 500 g/mol. The van der Waals surface area contributed by atoms with Crippen LogP contribution in [0.1, 0.15) is 41.3 Å². The van der Waals surface area contributed by atoms with Crippen LogP contribution in [0.25, 0.3) is 10.9 Å². The van der Waals surface area contributed by atoms with E-state index in [0.29, 0.717) is 6.42 Å². The maximum absolute atomic E-state index is 14.2. The van der Waals surface area contributed by atoms with Crippen molar-refractivity contribution < 1.29 is 14.3 Å². The number of piperidine rings is 1. The molecule has 2 amide bonds. The van der Waals surface area contributed by atoms with Gasteiger partial charge in [-0.15, -0.1) is 0 Å². The molecular formula is C33H34N4O3. The normalized spacial score (nSPS) is 21.9. The molecule has 2 fully saturated rings. The van der Waals surface area contributed by atoms with E-state index in [1.165, 1.54) is 5.56 Å². The molecule has 2 unspecified atom stereocenters. The van der Waals surface area contributed by atoms with Crippen LogP contribution >= 0.6 is 0 Å². The standard InChI is InChI=1S/C33H34N4O3/c1-40-25-13-11-23(12-14-25)32-31-27(26-9-5-6-10-28(26)34-31)19-29-33(39)36(21-30(38)37(29)32)24-15-17-35(18-16-24)20-22-7-3-2-4-8-22/h2-14,24,29,32,34H,15-21H2,1H3. The van der Waals surface area contributed by atoms with Gasteiger partial charge in [0.25, 0.3) is 0 Å². The minimum Gasteiger partial charge on any atom is -0.497 e. The number of para-hydroxylation sites is 1. The molecule has 0 radical (unpaired) electrons. The lowest BCUT2D eigenvalue weighted by Crippen LogP contribution is -2.65. The second-order valence-corrected chi connectivity index (χ2v) is 11.2. The van der Waals surface area contributed by atoms with Gasteiger partial charge in [0.1, 0.15) is 18.3 Å². The molecule has 3 aromatic carbocycles. The topological polar surface area (TPSA) is 68.9 Å². The number of amides is 2. The monoisotopic (exact) mass is 534 g/mol. The number of rotatable bonds is 5. The number of carbonyl (C=O) groups excluding carboxylic acids is 2. The van der Waals surface area contributed by atoms with Gasteiger partial charge in [-0.2, -0.15) is 0 Å². The number of H-pyrrole nitrogens is 1. The highest BCUT2D eigenvalue weighted by molar-refractivity contribution is 5.97. The molecule has 3 aliphatic rings. The lowest BCUT2D eigenvalue weighted by molar-refractivity contribution is -0.161. The fraction of sp³-hybridized carbons (Fsp3) is 0.333. The molecule has 0 aliphatic carbocycles. The van der Waals surface area contributed by atoms with Crippen LogP contribution in [-0.2, 0) is 22.6 Å². The Morgan fingerprint density at radius 1 is 0.900 bits per heavy atom. The average Bonchev–Trinajstić information content (AvgIpc) is 3.37. The van der Waals surface area contributed by atoms with Crippen molar-refractivity contribution in [3.63, 3.8) is 0 Å². The Labute approximate surface area is 234 Å². The van der Waals surface area contributed by atoms with E-state index in [9.17, 15) is 9.59 Å². The molecule has 7 heteroatoms. The van der Waals surface area contributed by atoms with Crippen molar-refractivity contribution in [3.8, 4) is 5.75 Å². The summed E-state index contributed by atoms with van der Waals surface area (Å²) in [6.45, 7) is 2.91. The molecule has 3 aliphatic heterocycles. The SMILES string of the molecule is COc1ccc(C2c3[nH]c4ccccc4c3CC3C(=O)N(C4CCN(Cc5ccccc5)CC4)CC(=O)N32)cc1. The highest BCUT2D eigenvalue weighted by atomic mass is 16.5. The molecule has 4 heterocycles. The number of nitrogens with zero attached hydrogens (tertiary/aromatic N) is 3. The van der Waals surface area contributed by atoms with Gasteiger partial charge in [-0.05, 0) is 47.7 Å². The van der Waals surface area contributed by atoms with Crippen LogP contribution in [0, 0.1) is 0 Å². The molecule has 40 heavy (non-hydrogen) atoms. The van der Waals surface area contributed by atoms with Gasteiger partial charge in [-0.25, -0.2) is 0 Å². The summed E-state index contributed by atoms with van der Waals surface area (Å²) in [5.74, 6) is 0.857. The van der Waals surface area contributed by atoms with Crippen molar-refractivity contribution >= 4 is 22.7 Å². The third kappa shape index (κ3) is 4.25. The largest absolute Gasteiger partial charge is 0.497 e. The number of aromatic nitrogens is 1. The summed E-state index contributed by atoms with van der Waals surface area (Å²) in [6, 6.07) is 25.8. The van der Waals surface area contributed by atoms with Gasteiger partial charge >= 0.3 is 0 Å². The molecule has 2 atom stereocenters. The van der Waals surface area contributed by atoms with Crippen LogP contribution in [0.2, 0.25) is 0 Å². The zero-order valence-corrected chi connectivity index (χ0v) is 22.8. The molecule has 4 aromatic rings. The molecule has 204 valence electrons. The number of piperazine rings is 1. The number of aromatic amines is 1. The van der Waals surface area contributed by atoms with Gasteiger partial charge in [-0.3, -0.25) is 14.5 Å². The van der Waals surface area contributed by atoms with Crippen LogP contribution in [0.3, 0.4) is 0 Å². The third-order valence-corrected chi connectivity index (χ3v) is 8.97. The maximum Gasteiger partial charge on any atom is 0.246 e. The first-order valence-electron chi connectivity index (χ1n) is 14.2. The summed E-state index contributed by atoms with van der Waals surface area (Å²) in [6.07, 6.45) is 2.30. The van der Waals surface area contributed by atoms with E-state index in [4.69, 9.17) is 4.74 Å². The number of hydrogen-bond acceptors (Lipinski definition) is 4. The van der Waals surface area contributed by atoms with E-state index in [1.54, 1.807) is 7.11 Å². The predicted octanol–water partition coefficient (Wildman–Crippen LogP) is 4.53. The van der Waals surface area contributed by atoms with Gasteiger partial charge in [0.05, 0.1) is 13.2 Å². The van der Waals surface area contributed by atoms with Crippen LogP contribution in [0.15, 0.2) is 78.9 Å². The van der Waals surface area contributed by atoms with Crippen molar-refractivity contribution in [2.24, 2.45) is 0 Å². The van der Waals surface area contributed by atoms with E-state index in [2.05, 4.69) is 46.3 Å². The summed E-state index contributed by atoms with van der Waals surface area (Å²) in [7, 11) is 1.65. The van der Waals surface area contributed by atoms with Crippen LogP contribution in [0.4, 0.5) is 0 Å². The van der Waals surface area contributed by atoms with Crippen molar-refractivity contribution in [2.45, 2.75) is 43.9 Å². The van der Waals surface area contributed by atoms with E-state index < -0.39 is 6.04 Å². The number of carbonyl (C=O) groups is 2. The molecule has 0 saturated carbocycles. The zero-order chi connectivity index (χ0) is 27.2. The fourth-order valence-corrected chi connectivity index (χ4v) is 6.96. The van der Waals surface area contributed by atoms with E-state index in [0.717, 1.165) is 65.9 Å². The second-order valence-electron chi connectivity index (χ2n) is 11.2. The van der Waals surface area contributed by atoms with E-state index in [1.807, 2.05) is 52.3 Å². The highest BCUT2D eigenvalue weighted by Gasteiger charge is 2.49. The first-order valence-corrected chi connectivity index (χ1v) is 14.2. The van der Waals surface area contributed by atoms with Crippen molar-refractivity contribution in [3.05, 3.63) is 101 Å². The Morgan fingerprint density at radius 2 is 1.62 bits per heavy atom. The first kappa shape index (κ1) is 24.9. The minimum atomic E-state index is -0.512. The van der Waals surface area contributed by atoms with Crippen molar-refractivity contribution in [1.82, 2.24) is 19.7 Å². The number of nitrogens with one attached hydrogen (secondary N) is 1. The Kier molecular flexibility index (Phi) is 6.31. The molecule has 1 N–H and O–H groups in total. The van der Waals surface area contributed by atoms with Gasteiger partial charge in [0, 0.05) is 48.7 Å². The number of fused-ring (bicyclic) bond motifs is 4. The van der Waals surface area contributed by atoms with Crippen molar-refractivity contribution in [1.29, 1.82) is 0 Å². The summed E-state index contributed by atoms with van der Waals surface area (Å²) in [4.78, 5) is 38.0. The number of likely N-dealkylation sites (tertiary alicyclic amines) is 1. The third-order valence-electron chi connectivity index (χ3n) is 8.97. The lowest BCUT2D eigenvalue weighted by atomic mass is 9.85. The van der Waals surface area contributed by atoms with Gasteiger partial charge in [0.2, 0.25) is 11.8 Å². The van der Waals surface area contributed by atoms with E-state index >= 15 is 0 Å². The molecule has 7 rings (SSSR count). The maximum atomic E-state index is 14.2. The highest BCUT2D eigenvalue weighted by Crippen LogP contribution is 2.43. The molecule has 0 bridgehead atoms. The number of hydrogen-bond donors (Lipinski definition) is 1. The van der Waals surface area contributed by atoms with Crippen LogP contribution in [-0.4, -0.2) is 70.3 Å². The van der Waals surface area contributed by atoms with Crippen LogP contribution < -0.4 is 4.74 Å². The molecule has 2 saturated heterocycles. The quantitative estimate of drug-likeness (QED) is 0.409. The summed E-state index contributed by atoms with van der Waals surface area (Å²) >= 11 is 0. The van der Waals surface area contributed by atoms with Crippen molar-refractivity contribution in [2.75, 3.05) is 26.7 Å². The molecule has 1 aromatic heterocycles. The summed E-state index contributed by atoms with van der Waals surface area (Å²) < 4.78 is 5.39. The Morgan fingerprint density at radius 3 is 2.38 bits per heavy atom. The number of methoxy groups -OCH3 is 1. The Balaban J connectivity index is 1.18. The summed E-state index contributed by atoms with van der Waals surface area (Å²) in [5, 5.41) is 1.13. The Hall–Kier alpha value is -4.10. The van der Waals surface area contributed by atoms with E-state index in [-0.39, 0.29) is 30.4 Å². The number of benzene rings is 3. The first-order chi connectivity index (χ1) is 19.6. The second kappa shape index (κ2) is 10.1. The van der Waals surface area contributed by atoms with Gasteiger partial charge < -0.3 is 19.5 Å². The summed E-state index contributed by atoms with van der Waals surface area (Å²) in [5.41, 5.74) is 5.46. The lowest BCUT2D eigenvalue weighted by Gasteiger charge is -2.49.